The molecule has 2 aliphatic rings. The van der Waals surface area contributed by atoms with Gasteiger partial charge in [0, 0.05) is 12.1 Å². The van der Waals surface area contributed by atoms with Gasteiger partial charge in [0.05, 0.1) is 34.2 Å². The first-order chi connectivity index (χ1) is 17.7. The highest BCUT2D eigenvalue weighted by molar-refractivity contribution is 9.10. The molecule has 0 amide bonds. The van der Waals surface area contributed by atoms with Gasteiger partial charge < -0.3 is 4.74 Å². The number of rotatable bonds is 7. The number of carbonyl (C=O) groups is 1. The highest BCUT2D eigenvalue weighted by atomic mass is 79.9. The van der Waals surface area contributed by atoms with Crippen LogP contribution in [0.4, 0.5) is 13.2 Å². The number of ether oxygens (including phenoxy) is 1. The molecule has 3 rings (SSSR count). The number of pyridine rings is 1. The van der Waals surface area contributed by atoms with Gasteiger partial charge in [-0.05, 0) is 68.7 Å². The molecular formula is C27H41BrF3N3O3SSi. The molecule has 1 aromatic rings. The summed E-state index contributed by atoms with van der Waals surface area (Å²) in [5, 5.41) is -0.774. The number of esters is 1. The van der Waals surface area contributed by atoms with Gasteiger partial charge in [0.1, 0.15) is 33.8 Å². The number of carbonyl (C=O) groups excluding carboxylic acids is 1. The Kier molecular flexibility index (Phi) is 8.70. The number of aliphatic imine (C=N–C) groups is 1. The van der Waals surface area contributed by atoms with Crippen LogP contribution in [0.15, 0.2) is 20.0 Å². The SMILES string of the molecule is CC[Si](CC)(CC)c1cc(Br)nc([C@@]2(C)N=C(CC(=O)OC(C)(C)C)C(C)(C)[S@@]3(=O)=NCC(F)(F)C[C@@H]23)c1F. The van der Waals surface area contributed by atoms with E-state index in [0.29, 0.717) is 9.79 Å². The summed E-state index contributed by atoms with van der Waals surface area (Å²) in [6.07, 6.45) is -1.10. The Balaban J connectivity index is 2.38. The third kappa shape index (κ3) is 5.63. The first kappa shape index (κ1) is 32.2. The van der Waals surface area contributed by atoms with E-state index in [1.54, 1.807) is 40.7 Å². The van der Waals surface area contributed by atoms with E-state index in [-0.39, 0.29) is 17.8 Å². The van der Waals surface area contributed by atoms with E-state index in [4.69, 9.17) is 9.73 Å². The minimum atomic E-state index is -3.47. The van der Waals surface area contributed by atoms with E-state index >= 15 is 4.39 Å². The van der Waals surface area contributed by atoms with Gasteiger partial charge in [-0.2, -0.15) is 0 Å². The third-order valence-corrected chi connectivity index (χ3v) is 18.1. The maximum Gasteiger partial charge on any atom is 0.312 e. The molecule has 39 heavy (non-hydrogen) atoms. The molecule has 3 heterocycles. The van der Waals surface area contributed by atoms with Gasteiger partial charge in [-0.15, -0.1) is 0 Å². The second-order valence-electron chi connectivity index (χ2n) is 12.4. The lowest BCUT2D eigenvalue weighted by Gasteiger charge is -2.50. The fraction of sp³-hybridized carbons (Fsp3) is 0.741. The first-order valence-corrected chi connectivity index (χ1v) is 18.5. The molecule has 6 nitrogen and oxygen atoms in total. The lowest BCUT2D eigenvalue weighted by atomic mass is 9.87. The van der Waals surface area contributed by atoms with Gasteiger partial charge >= 0.3 is 5.97 Å². The van der Waals surface area contributed by atoms with E-state index < -0.39 is 69.6 Å². The van der Waals surface area contributed by atoms with Crippen LogP contribution >= 0.6 is 15.9 Å². The zero-order valence-corrected chi connectivity index (χ0v) is 27.8. The maximum absolute atomic E-state index is 16.7. The Bertz CT molecular complexity index is 1290. The molecule has 0 bridgehead atoms. The smallest absolute Gasteiger partial charge is 0.312 e. The van der Waals surface area contributed by atoms with Crippen LogP contribution in [0.3, 0.4) is 0 Å². The standard InChI is InChI=1S/C27H41BrF3N3O3SSi/c1-10-39(11-2,12-3)17-13-20(28)33-23(22(17)29)26(9)19-15-27(30,31)16-32-38(19,36)25(7,8)18(34-26)14-21(35)37-24(4,5)6/h13,19H,10-12,14-16H2,1-9H3/t19-,26-,38+/m0/s1. The van der Waals surface area contributed by atoms with Crippen molar-refractivity contribution in [3.8, 4) is 0 Å². The summed E-state index contributed by atoms with van der Waals surface area (Å²) < 4.78 is 69.9. The van der Waals surface area contributed by atoms with Gasteiger partial charge in [-0.3, -0.25) is 9.79 Å². The molecule has 0 aliphatic carbocycles. The molecule has 220 valence electrons. The third-order valence-electron chi connectivity index (χ3n) is 8.52. The fourth-order valence-corrected chi connectivity index (χ4v) is 13.5. The number of alkyl halides is 2. The molecule has 0 N–H and O–H groups in total. The summed E-state index contributed by atoms with van der Waals surface area (Å²) in [5.74, 6) is -4.42. The van der Waals surface area contributed by atoms with Crippen molar-refractivity contribution < 1.29 is 26.9 Å². The van der Waals surface area contributed by atoms with Crippen LogP contribution in [-0.2, 0) is 24.8 Å². The Morgan fingerprint density at radius 3 is 2.26 bits per heavy atom. The van der Waals surface area contributed by atoms with Crippen molar-refractivity contribution >= 4 is 50.6 Å². The summed E-state index contributed by atoms with van der Waals surface area (Å²) >= 11 is 3.43. The number of fused-ring (bicyclic) bond motifs is 1. The molecule has 0 saturated heterocycles. The van der Waals surface area contributed by atoms with E-state index in [1.807, 2.05) is 20.8 Å². The number of nitrogens with zero attached hydrogens (tertiary/aromatic N) is 3. The molecule has 0 spiro atoms. The normalized spacial score (nSPS) is 28.2. The predicted molar refractivity (Wildman–Crippen MR) is 157 cm³/mol. The number of hydrogen-bond acceptors (Lipinski definition) is 6. The summed E-state index contributed by atoms with van der Waals surface area (Å²) in [7, 11) is -5.77. The molecule has 0 aromatic carbocycles. The molecule has 0 saturated carbocycles. The molecule has 0 radical (unpaired) electrons. The van der Waals surface area contributed by atoms with Crippen LogP contribution in [0.1, 0.15) is 80.8 Å². The fourth-order valence-electron chi connectivity index (χ4n) is 5.92. The topological polar surface area (TPSA) is 81.0 Å². The van der Waals surface area contributed by atoms with E-state index in [1.165, 1.54) is 6.92 Å². The van der Waals surface area contributed by atoms with Crippen molar-refractivity contribution in [3.63, 3.8) is 0 Å². The van der Waals surface area contributed by atoms with E-state index in [9.17, 15) is 17.8 Å². The maximum atomic E-state index is 16.7. The van der Waals surface area contributed by atoms with Crippen LogP contribution in [0, 0.1) is 5.82 Å². The summed E-state index contributed by atoms with van der Waals surface area (Å²) in [6, 6.07) is 4.06. The predicted octanol–water partition coefficient (Wildman–Crippen LogP) is 6.75. The summed E-state index contributed by atoms with van der Waals surface area (Å²) in [6.45, 7) is 15.1. The second kappa shape index (κ2) is 10.5. The molecule has 2 aliphatic heterocycles. The Morgan fingerprint density at radius 1 is 1.18 bits per heavy atom. The molecule has 0 fully saturated rings. The molecule has 3 atom stereocenters. The zero-order valence-electron chi connectivity index (χ0n) is 24.4. The van der Waals surface area contributed by atoms with Crippen molar-refractivity contribution in [3.05, 3.63) is 22.2 Å². The average molecular weight is 653 g/mol. The largest absolute Gasteiger partial charge is 0.460 e. The minimum absolute atomic E-state index is 0.137. The summed E-state index contributed by atoms with van der Waals surface area (Å²) in [5.41, 5.74) is -2.48. The zero-order chi connectivity index (χ0) is 29.8. The van der Waals surface area contributed by atoms with E-state index in [2.05, 4.69) is 25.3 Å². The van der Waals surface area contributed by atoms with Crippen molar-refractivity contribution in [1.82, 2.24) is 4.98 Å². The van der Waals surface area contributed by atoms with Crippen LogP contribution in [-0.4, -0.2) is 57.0 Å². The van der Waals surface area contributed by atoms with Crippen LogP contribution in [0.25, 0.3) is 0 Å². The van der Waals surface area contributed by atoms with Crippen LogP contribution in [0.2, 0.25) is 18.1 Å². The lowest BCUT2D eigenvalue weighted by Crippen LogP contribution is -2.61. The van der Waals surface area contributed by atoms with Gasteiger partial charge in [-0.1, -0.05) is 38.9 Å². The minimum Gasteiger partial charge on any atom is -0.460 e. The van der Waals surface area contributed by atoms with Crippen molar-refractivity contribution in [2.45, 2.75) is 120 Å². The Hall–Kier alpha value is -1.27. The molecule has 0 unspecified atom stereocenters. The number of aromatic nitrogens is 1. The second-order valence-corrected chi connectivity index (χ2v) is 21.4. The molecule has 12 heteroatoms. The Labute approximate surface area is 240 Å². The van der Waals surface area contributed by atoms with Gasteiger partial charge in [0.2, 0.25) is 0 Å². The molecule has 1 aromatic heterocycles. The average Bonchev–Trinajstić information content (AvgIpc) is 2.81. The highest BCUT2D eigenvalue weighted by Crippen LogP contribution is 2.50. The monoisotopic (exact) mass is 651 g/mol. The quantitative estimate of drug-likeness (QED) is 0.185. The van der Waals surface area contributed by atoms with E-state index in [0.717, 1.165) is 18.1 Å². The van der Waals surface area contributed by atoms with Crippen molar-refractivity contribution in [2.75, 3.05) is 6.54 Å². The van der Waals surface area contributed by atoms with Crippen LogP contribution < -0.4 is 5.19 Å². The van der Waals surface area contributed by atoms with Crippen molar-refractivity contribution in [1.29, 1.82) is 0 Å². The van der Waals surface area contributed by atoms with Crippen LogP contribution in [0.5, 0.6) is 0 Å². The van der Waals surface area contributed by atoms with Gasteiger partial charge in [0.25, 0.3) is 5.92 Å². The number of halogens is 4. The first-order valence-electron chi connectivity index (χ1n) is 13.5. The van der Waals surface area contributed by atoms with Gasteiger partial charge in [-0.25, -0.2) is 26.7 Å². The lowest BCUT2D eigenvalue weighted by molar-refractivity contribution is -0.153. The summed E-state index contributed by atoms with van der Waals surface area (Å²) in [4.78, 5) is 22.2. The Morgan fingerprint density at radius 2 is 1.74 bits per heavy atom. The number of hydrogen-bond donors (Lipinski definition) is 0. The van der Waals surface area contributed by atoms with Crippen molar-refractivity contribution in [2.24, 2.45) is 9.36 Å². The highest BCUT2D eigenvalue weighted by Gasteiger charge is 2.61. The molecular weight excluding hydrogens is 611 g/mol. The van der Waals surface area contributed by atoms with Gasteiger partial charge in [0.15, 0.2) is 0 Å².